The maximum Gasteiger partial charge on any atom is 0.321 e. The average molecular weight is 384 g/mol. The van der Waals surface area contributed by atoms with Crippen LogP contribution in [0.4, 0.5) is 5.95 Å². The van der Waals surface area contributed by atoms with Crippen LogP contribution < -0.4 is 14.4 Å². The van der Waals surface area contributed by atoms with Crippen LogP contribution >= 0.6 is 11.6 Å². The Morgan fingerprint density at radius 2 is 1.92 bits per heavy atom. The number of anilines is 1. The first-order valence-electron chi connectivity index (χ1n) is 7.78. The largest absolute Gasteiger partial charge is 0.467 e. The lowest BCUT2D eigenvalue weighted by Crippen LogP contribution is -2.26. The van der Waals surface area contributed by atoms with E-state index in [1.54, 1.807) is 12.1 Å². The van der Waals surface area contributed by atoms with Gasteiger partial charge in [0, 0.05) is 13.1 Å². The molecule has 1 N–H and O–H groups in total. The van der Waals surface area contributed by atoms with E-state index in [4.69, 9.17) is 16.3 Å². The maximum atomic E-state index is 12.4. The molecule has 1 aliphatic rings. The maximum absolute atomic E-state index is 12.4. The SMILES string of the molecule is COc1nc(CNS(=O)(=O)c2ccccc2Cl)nc(N2CCCC2)n1. The third-order valence-electron chi connectivity index (χ3n) is 3.77. The molecule has 0 unspecified atom stereocenters. The Morgan fingerprint density at radius 1 is 1.20 bits per heavy atom. The number of ether oxygens (including phenoxy) is 1. The summed E-state index contributed by atoms with van der Waals surface area (Å²) in [7, 11) is -2.32. The molecule has 1 aromatic carbocycles. The van der Waals surface area contributed by atoms with Gasteiger partial charge in [-0.05, 0) is 25.0 Å². The van der Waals surface area contributed by atoms with Crippen molar-refractivity contribution in [2.45, 2.75) is 24.3 Å². The third-order valence-corrected chi connectivity index (χ3v) is 5.67. The van der Waals surface area contributed by atoms with Gasteiger partial charge >= 0.3 is 6.01 Å². The minimum absolute atomic E-state index is 0.0115. The Bertz CT molecular complexity index is 856. The van der Waals surface area contributed by atoms with Crippen LogP contribution in [0, 0.1) is 0 Å². The molecule has 0 spiro atoms. The second kappa shape index (κ2) is 7.51. The molecule has 8 nitrogen and oxygen atoms in total. The lowest BCUT2D eigenvalue weighted by Gasteiger charge is -2.16. The molecule has 1 saturated heterocycles. The van der Waals surface area contributed by atoms with Crippen LogP contribution in [0.5, 0.6) is 6.01 Å². The lowest BCUT2D eigenvalue weighted by atomic mass is 10.4. The van der Waals surface area contributed by atoms with Crippen LogP contribution in [0.1, 0.15) is 18.7 Å². The van der Waals surface area contributed by atoms with Crippen molar-refractivity contribution >= 4 is 27.6 Å². The van der Waals surface area contributed by atoms with Crippen molar-refractivity contribution in [2.75, 3.05) is 25.1 Å². The first kappa shape index (κ1) is 17.8. The molecule has 0 amide bonds. The molecule has 1 fully saturated rings. The van der Waals surface area contributed by atoms with Crippen LogP contribution in [-0.4, -0.2) is 43.6 Å². The van der Waals surface area contributed by atoms with E-state index in [0.29, 0.717) is 5.95 Å². The zero-order valence-electron chi connectivity index (χ0n) is 13.6. The molecule has 10 heteroatoms. The quantitative estimate of drug-likeness (QED) is 0.809. The summed E-state index contributed by atoms with van der Waals surface area (Å²) >= 11 is 5.96. The number of methoxy groups -OCH3 is 1. The fourth-order valence-corrected chi connectivity index (χ4v) is 4.01. The highest BCUT2D eigenvalue weighted by molar-refractivity contribution is 7.89. The van der Waals surface area contributed by atoms with Gasteiger partial charge in [-0.3, -0.25) is 0 Å². The van der Waals surface area contributed by atoms with Crippen molar-refractivity contribution < 1.29 is 13.2 Å². The van der Waals surface area contributed by atoms with Gasteiger partial charge in [0.1, 0.15) is 4.90 Å². The predicted molar refractivity (Wildman–Crippen MR) is 93.3 cm³/mol. The molecule has 0 bridgehead atoms. The van der Waals surface area contributed by atoms with E-state index in [0.717, 1.165) is 25.9 Å². The standard InChI is InChI=1S/C15H18ClN5O3S/c1-24-15-19-13(18-14(20-15)21-8-4-5-9-21)10-17-25(22,23)12-7-3-2-6-11(12)16/h2-3,6-7,17H,4-5,8-10H2,1H3. The number of nitrogens with one attached hydrogen (secondary N) is 1. The number of hydrogen-bond acceptors (Lipinski definition) is 7. The number of halogens is 1. The second-order valence-corrected chi connectivity index (χ2v) is 7.63. The molecule has 1 aliphatic heterocycles. The highest BCUT2D eigenvalue weighted by Gasteiger charge is 2.20. The molecule has 0 radical (unpaired) electrons. The van der Waals surface area contributed by atoms with Crippen molar-refractivity contribution in [3.63, 3.8) is 0 Å². The van der Waals surface area contributed by atoms with E-state index in [-0.39, 0.29) is 28.3 Å². The van der Waals surface area contributed by atoms with Gasteiger partial charge in [-0.1, -0.05) is 23.7 Å². The number of sulfonamides is 1. The summed E-state index contributed by atoms with van der Waals surface area (Å²) in [4.78, 5) is 14.7. The Hall–Kier alpha value is -1.97. The lowest BCUT2D eigenvalue weighted by molar-refractivity contribution is 0.375. The first-order valence-corrected chi connectivity index (χ1v) is 9.64. The number of nitrogens with zero attached hydrogens (tertiary/aromatic N) is 4. The molecular formula is C15H18ClN5O3S. The fraction of sp³-hybridized carbons (Fsp3) is 0.400. The van der Waals surface area contributed by atoms with Crippen molar-refractivity contribution in [1.82, 2.24) is 19.7 Å². The number of hydrogen-bond donors (Lipinski definition) is 1. The Balaban J connectivity index is 1.80. The monoisotopic (exact) mass is 383 g/mol. The summed E-state index contributed by atoms with van der Waals surface area (Å²) in [5.74, 6) is 0.778. The van der Waals surface area contributed by atoms with Gasteiger partial charge < -0.3 is 9.64 Å². The van der Waals surface area contributed by atoms with Crippen LogP contribution in [0.25, 0.3) is 0 Å². The van der Waals surface area contributed by atoms with E-state index < -0.39 is 10.0 Å². The Morgan fingerprint density at radius 3 is 2.60 bits per heavy atom. The third kappa shape index (κ3) is 4.17. The van der Waals surface area contributed by atoms with Crippen molar-refractivity contribution in [3.8, 4) is 6.01 Å². The average Bonchev–Trinajstić information content (AvgIpc) is 3.15. The molecule has 3 rings (SSSR count). The van der Waals surface area contributed by atoms with E-state index in [2.05, 4.69) is 19.7 Å². The van der Waals surface area contributed by atoms with Gasteiger partial charge in [-0.25, -0.2) is 13.1 Å². The Kier molecular flexibility index (Phi) is 5.36. The zero-order valence-corrected chi connectivity index (χ0v) is 15.2. The number of aromatic nitrogens is 3. The zero-order chi connectivity index (χ0) is 17.9. The van der Waals surface area contributed by atoms with Crippen molar-refractivity contribution in [2.24, 2.45) is 0 Å². The highest BCUT2D eigenvalue weighted by atomic mass is 35.5. The van der Waals surface area contributed by atoms with E-state index in [9.17, 15) is 8.42 Å². The summed E-state index contributed by atoms with van der Waals surface area (Å²) in [5, 5.41) is 0.154. The van der Waals surface area contributed by atoms with Crippen LogP contribution in [0.15, 0.2) is 29.2 Å². The summed E-state index contributed by atoms with van der Waals surface area (Å²) in [6.45, 7) is 1.63. The molecule has 0 saturated carbocycles. The second-order valence-electron chi connectivity index (χ2n) is 5.49. The van der Waals surface area contributed by atoms with Gasteiger partial charge in [-0.15, -0.1) is 0 Å². The van der Waals surface area contributed by atoms with Gasteiger partial charge in [0.15, 0.2) is 5.82 Å². The Labute approximate surface area is 151 Å². The van der Waals surface area contributed by atoms with Crippen LogP contribution in [0.3, 0.4) is 0 Å². The normalized spacial score (nSPS) is 14.7. The smallest absolute Gasteiger partial charge is 0.321 e. The minimum Gasteiger partial charge on any atom is -0.467 e. The van der Waals surface area contributed by atoms with E-state index >= 15 is 0 Å². The van der Waals surface area contributed by atoms with Gasteiger partial charge in [0.05, 0.1) is 18.7 Å². The highest BCUT2D eigenvalue weighted by Crippen LogP contribution is 2.21. The minimum atomic E-state index is -3.78. The summed E-state index contributed by atoms with van der Waals surface area (Å²) in [6, 6.07) is 6.39. The molecule has 134 valence electrons. The molecule has 25 heavy (non-hydrogen) atoms. The summed E-state index contributed by atoms with van der Waals surface area (Å²) in [5.41, 5.74) is 0. The first-order chi connectivity index (χ1) is 12.0. The predicted octanol–water partition coefficient (Wildman–Crippen LogP) is 1.61. The summed E-state index contributed by atoms with van der Waals surface area (Å²) in [6.07, 6.45) is 2.14. The van der Waals surface area contributed by atoms with Crippen LogP contribution in [-0.2, 0) is 16.6 Å². The van der Waals surface area contributed by atoms with E-state index in [1.165, 1.54) is 19.2 Å². The number of benzene rings is 1. The molecule has 1 aromatic heterocycles. The molecule has 2 heterocycles. The molecule has 0 aliphatic carbocycles. The van der Waals surface area contributed by atoms with Crippen LogP contribution in [0.2, 0.25) is 5.02 Å². The molecule has 0 atom stereocenters. The molecule has 2 aromatic rings. The topological polar surface area (TPSA) is 97.3 Å². The van der Waals surface area contributed by atoms with Crippen molar-refractivity contribution in [3.05, 3.63) is 35.1 Å². The fourth-order valence-electron chi connectivity index (χ4n) is 2.52. The van der Waals surface area contributed by atoms with Gasteiger partial charge in [0.25, 0.3) is 0 Å². The number of rotatable bonds is 6. The van der Waals surface area contributed by atoms with Crippen molar-refractivity contribution in [1.29, 1.82) is 0 Å². The molecular weight excluding hydrogens is 366 g/mol. The van der Waals surface area contributed by atoms with E-state index in [1.807, 2.05) is 4.90 Å². The summed E-state index contributed by atoms with van der Waals surface area (Å²) < 4.78 is 32.4. The van der Waals surface area contributed by atoms with Gasteiger partial charge in [0.2, 0.25) is 16.0 Å². The van der Waals surface area contributed by atoms with Gasteiger partial charge in [-0.2, -0.15) is 15.0 Å².